The Balaban J connectivity index is 1.72. The molecule has 8 heteroatoms. The Hall–Kier alpha value is -2.53. The van der Waals surface area contributed by atoms with Crippen molar-refractivity contribution in [3.63, 3.8) is 0 Å². The van der Waals surface area contributed by atoms with Gasteiger partial charge in [-0.2, -0.15) is 15.3 Å². The molecule has 2 aromatic heterocycles. The smallest absolute Gasteiger partial charge is 0.243 e. The molecule has 0 N–H and O–H groups in total. The van der Waals surface area contributed by atoms with E-state index in [0.29, 0.717) is 23.1 Å². The summed E-state index contributed by atoms with van der Waals surface area (Å²) in [5, 5.41) is 21.8. The van der Waals surface area contributed by atoms with Crippen LogP contribution in [0.1, 0.15) is 41.5 Å². The summed E-state index contributed by atoms with van der Waals surface area (Å²) in [5.74, 6) is 1.98. The Bertz CT molecular complexity index is 771. The second kappa shape index (κ2) is 6.53. The largest absolute Gasteiger partial charge is 0.351 e. The molecule has 1 saturated heterocycles. The topological polar surface area (TPSA) is 95.0 Å². The minimum absolute atomic E-state index is 0.0784. The lowest BCUT2D eigenvalue weighted by Gasteiger charge is -2.37. The molecule has 1 aliphatic rings. The molecule has 0 amide bonds. The van der Waals surface area contributed by atoms with Crippen LogP contribution in [-0.2, 0) is 0 Å². The molecule has 0 saturated carbocycles. The van der Waals surface area contributed by atoms with Crippen LogP contribution in [0.15, 0.2) is 4.52 Å². The highest BCUT2D eigenvalue weighted by Crippen LogP contribution is 2.25. The quantitative estimate of drug-likeness (QED) is 0.838. The maximum absolute atomic E-state index is 9.46. The van der Waals surface area contributed by atoms with Crippen LogP contribution in [0.4, 0.5) is 5.82 Å². The van der Waals surface area contributed by atoms with E-state index in [0.717, 1.165) is 37.4 Å². The van der Waals surface area contributed by atoms with Crippen LogP contribution >= 0.6 is 0 Å². The van der Waals surface area contributed by atoms with Gasteiger partial charge >= 0.3 is 0 Å². The van der Waals surface area contributed by atoms with Gasteiger partial charge in [-0.3, -0.25) is 4.90 Å². The highest BCUT2D eigenvalue weighted by Gasteiger charge is 2.27. The van der Waals surface area contributed by atoms with Crippen molar-refractivity contribution in [3.8, 4) is 6.07 Å². The van der Waals surface area contributed by atoms with Crippen molar-refractivity contribution in [2.75, 3.05) is 31.1 Å². The summed E-state index contributed by atoms with van der Waals surface area (Å²) < 4.78 is 5.27. The molecule has 0 aliphatic carbocycles. The van der Waals surface area contributed by atoms with Crippen molar-refractivity contribution in [2.24, 2.45) is 0 Å². The number of aromatic nitrogens is 4. The third-order valence-corrected chi connectivity index (χ3v) is 4.61. The van der Waals surface area contributed by atoms with Crippen LogP contribution in [0, 0.1) is 32.1 Å². The first kappa shape index (κ1) is 16.3. The number of nitrogens with zero attached hydrogens (tertiary/aromatic N) is 7. The van der Waals surface area contributed by atoms with E-state index in [1.165, 1.54) is 0 Å². The van der Waals surface area contributed by atoms with Crippen LogP contribution in [0.25, 0.3) is 0 Å². The number of hydrogen-bond donors (Lipinski definition) is 0. The van der Waals surface area contributed by atoms with Gasteiger partial charge in [-0.1, -0.05) is 5.16 Å². The molecule has 24 heavy (non-hydrogen) atoms. The third-order valence-electron chi connectivity index (χ3n) is 4.61. The summed E-state index contributed by atoms with van der Waals surface area (Å²) in [6.45, 7) is 10.9. The van der Waals surface area contributed by atoms with E-state index >= 15 is 0 Å². The van der Waals surface area contributed by atoms with Gasteiger partial charge in [0.2, 0.25) is 5.89 Å². The van der Waals surface area contributed by atoms with Crippen LogP contribution in [0.3, 0.4) is 0 Å². The maximum Gasteiger partial charge on any atom is 0.243 e. The molecule has 1 fully saturated rings. The zero-order valence-corrected chi connectivity index (χ0v) is 14.4. The summed E-state index contributed by atoms with van der Waals surface area (Å²) in [7, 11) is 0. The number of hydrogen-bond acceptors (Lipinski definition) is 8. The van der Waals surface area contributed by atoms with Crippen molar-refractivity contribution in [3.05, 3.63) is 28.5 Å². The summed E-state index contributed by atoms with van der Waals surface area (Å²) in [6, 6.07) is 2.35. The van der Waals surface area contributed by atoms with E-state index in [2.05, 4.69) is 43.1 Å². The van der Waals surface area contributed by atoms with E-state index in [1.54, 1.807) is 0 Å². The number of aryl methyl sites for hydroxylation is 2. The second-order valence-electron chi connectivity index (χ2n) is 6.10. The standard InChI is InChI=1S/C16H21N7O/c1-10-11(2)19-20-15(14(10)9-17)23-7-5-22(6-8-23)12(3)16-18-13(4)21-24-16/h12H,5-8H2,1-4H3/t12-/m0/s1. The van der Waals surface area contributed by atoms with E-state index in [4.69, 9.17) is 4.52 Å². The zero-order chi connectivity index (χ0) is 17.3. The number of anilines is 1. The Morgan fingerprint density at radius 2 is 1.83 bits per heavy atom. The Kier molecular flexibility index (Phi) is 4.44. The molecule has 1 atom stereocenters. The van der Waals surface area contributed by atoms with Crippen molar-refractivity contribution < 1.29 is 4.52 Å². The lowest BCUT2D eigenvalue weighted by Crippen LogP contribution is -2.47. The van der Waals surface area contributed by atoms with Crippen molar-refractivity contribution in [2.45, 2.75) is 33.7 Å². The first-order valence-electron chi connectivity index (χ1n) is 8.04. The van der Waals surface area contributed by atoms with Crippen molar-refractivity contribution in [1.82, 2.24) is 25.2 Å². The van der Waals surface area contributed by atoms with Gasteiger partial charge in [0.05, 0.1) is 11.7 Å². The molecule has 126 valence electrons. The average molecular weight is 327 g/mol. The highest BCUT2D eigenvalue weighted by atomic mass is 16.5. The fraction of sp³-hybridized carbons (Fsp3) is 0.562. The molecular weight excluding hydrogens is 306 g/mol. The predicted octanol–water partition coefficient (Wildman–Crippen LogP) is 1.54. The molecular formula is C16H21N7O. The minimum atomic E-state index is 0.0784. The monoisotopic (exact) mass is 327 g/mol. The predicted molar refractivity (Wildman–Crippen MR) is 87.5 cm³/mol. The van der Waals surface area contributed by atoms with Gasteiger partial charge in [0.15, 0.2) is 11.6 Å². The fourth-order valence-electron chi connectivity index (χ4n) is 2.91. The Morgan fingerprint density at radius 3 is 2.42 bits per heavy atom. The van der Waals surface area contributed by atoms with E-state index in [-0.39, 0.29) is 6.04 Å². The van der Waals surface area contributed by atoms with Crippen LogP contribution in [0.5, 0.6) is 0 Å². The average Bonchev–Trinajstić information content (AvgIpc) is 3.03. The molecule has 0 bridgehead atoms. The second-order valence-corrected chi connectivity index (χ2v) is 6.10. The van der Waals surface area contributed by atoms with Crippen LogP contribution in [0.2, 0.25) is 0 Å². The van der Waals surface area contributed by atoms with Crippen LogP contribution in [-0.4, -0.2) is 51.4 Å². The summed E-state index contributed by atoms with van der Waals surface area (Å²) >= 11 is 0. The molecule has 2 aromatic rings. The molecule has 3 rings (SSSR count). The zero-order valence-electron chi connectivity index (χ0n) is 14.4. The minimum Gasteiger partial charge on any atom is -0.351 e. The van der Waals surface area contributed by atoms with Gasteiger partial charge in [0, 0.05) is 26.2 Å². The third kappa shape index (κ3) is 2.95. The van der Waals surface area contributed by atoms with Crippen molar-refractivity contribution >= 4 is 5.82 Å². The lowest BCUT2D eigenvalue weighted by atomic mass is 10.1. The molecule has 0 radical (unpaired) electrons. The molecule has 3 heterocycles. The lowest BCUT2D eigenvalue weighted by molar-refractivity contribution is 0.164. The van der Waals surface area contributed by atoms with E-state index < -0.39 is 0 Å². The molecule has 0 spiro atoms. The Morgan fingerprint density at radius 1 is 1.12 bits per heavy atom. The first-order chi connectivity index (χ1) is 11.5. The van der Waals surface area contributed by atoms with Gasteiger partial charge in [-0.25, -0.2) is 0 Å². The summed E-state index contributed by atoms with van der Waals surface area (Å²) in [4.78, 5) is 8.73. The number of nitriles is 1. The molecule has 8 nitrogen and oxygen atoms in total. The van der Waals surface area contributed by atoms with Gasteiger partial charge in [-0.05, 0) is 33.3 Å². The Labute approximate surface area is 141 Å². The summed E-state index contributed by atoms with van der Waals surface area (Å²) in [5.41, 5.74) is 2.32. The van der Waals surface area contributed by atoms with Gasteiger partial charge < -0.3 is 9.42 Å². The van der Waals surface area contributed by atoms with Gasteiger partial charge in [0.1, 0.15) is 11.6 Å². The molecule has 0 aromatic carbocycles. The van der Waals surface area contributed by atoms with E-state index in [9.17, 15) is 5.26 Å². The summed E-state index contributed by atoms with van der Waals surface area (Å²) in [6.07, 6.45) is 0. The maximum atomic E-state index is 9.46. The number of rotatable bonds is 3. The normalized spacial score (nSPS) is 16.9. The highest BCUT2D eigenvalue weighted by molar-refractivity contribution is 5.57. The SMILES string of the molecule is Cc1noc([C@H](C)N2CCN(c3nnc(C)c(C)c3C#N)CC2)n1. The van der Waals surface area contributed by atoms with Crippen molar-refractivity contribution in [1.29, 1.82) is 5.26 Å². The van der Waals surface area contributed by atoms with E-state index in [1.807, 2.05) is 20.8 Å². The molecule has 0 unspecified atom stereocenters. The number of piperazine rings is 1. The van der Waals surface area contributed by atoms with Gasteiger partial charge in [-0.15, -0.1) is 5.10 Å². The van der Waals surface area contributed by atoms with Gasteiger partial charge in [0.25, 0.3) is 0 Å². The fourth-order valence-corrected chi connectivity index (χ4v) is 2.91. The molecule has 1 aliphatic heterocycles. The van der Waals surface area contributed by atoms with Crippen LogP contribution < -0.4 is 4.90 Å². The first-order valence-corrected chi connectivity index (χ1v) is 8.04.